The van der Waals surface area contributed by atoms with Crippen LogP contribution in [0.5, 0.6) is 0 Å². The first kappa shape index (κ1) is 22.3. The summed E-state index contributed by atoms with van der Waals surface area (Å²) in [6, 6.07) is 6.46. The highest BCUT2D eigenvalue weighted by atomic mass is 19.4. The van der Waals surface area contributed by atoms with Crippen LogP contribution in [-0.4, -0.2) is 34.0 Å². The minimum absolute atomic E-state index is 0.145. The Morgan fingerprint density at radius 1 is 1.22 bits per heavy atom. The van der Waals surface area contributed by atoms with Crippen molar-refractivity contribution >= 4 is 17.0 Å². The van der Waals surface area contributed by atoms with Gasteiger partial charge in [-0.05, 0) is 49.3 Å². The maximum absolute atomic E-state index is 13.5. The van der Waals surface area contributed by atoms with Gasteiger partial charge in [-0.2, -0.15) is 13.2 Å². The average Bonchev–Trinajstić information content (AvgIpc) is 3.32. The third-order valence-corrected chi connectivity index (χ3v) is 5.81. The number of hydrogen-bond acceptors (Lipinski definition) is 4. The van der Waals surface area contributed by atoms with Gasteiger partial charge in [-0.1, -0.05) is 38.1 Å². The molecule has 8 heteroatoms. The summed E-state index contributed by atoms with van der Waals surface area (Å²) >= 11 is 0. The zero-order valence-corrected chi connectivity index (χ0v) is 18.6. The molecule has 0 N–H and O–H groups in total. The van der Waals surface area contributed by atoms with Crippen LogP contribution in [0.2, 0.25) is 0 Å². The quantitative estimate of drug-likeness (QED) is 0.488. The normalized spacial score (nSPS) is 17.3. The summed E-state index contributed by atoms with van der Waals surface area (Å²) in [4.78, 5) is 19.6. The van der Waals surface area contributed by atoms with Gasteiger partial charge < -0.3 is 9.42 Å². The number of fused-ring (bicyclic) bond motifs is 1. The zero-order chi connectivity index (χ0) is 23.3. The predicted molar refractivity (Wildman–Crippen MR) is 115 cm³/mol. The summed E-state index contributed by atoms with van der Waals surface area (Å²) in [6.45, 7) is 9.58. The molecule has 1 fully saturated rings. The Hall–Kier alpha value is -2.90. The maximum atomic E-state index is 13.5. The van der Waals surface area contributed by atoms with Crippen molar-refractivity contribution in [3.8, 4) is 11.3 Å². The summed E-state index contributed by atoms with van der Waals surface area (Å²) in [5.74, 6) is 0.246. The Labute approximate surface area is 184 Å². The van der Waals surface area contributed by atoms with E-state index in [-0.39, 0.29) is 28.3 Å². The van der Waals surface area contributed by atoms with Crippen molar-refractivity contribution in [2.75, 3.05) is 13.1 Å². The standard InChI is InChI=1S/C24H26F3N3O2/c1-14-20-18(22(31)30-9-8-15(13-30)12-23(2,3)4)11-19(28-21(20)32-29-14)16-6-5-7-17(10-16)24(25,26)27/h5-7,10-11,15H,8-9,12-13H2,1-4H3. The number of rotatable bonds is 3. The van der Waals surface area contributed by atoms with Gasteiger partial charge in [-0.3, -0.25) is 4.79 Å². The Bertz CT molecular complexity index is 1160. The molecular weight excluding hydrogens is 419 g/mol. The Morgan fingerprint density at radius 3 is 2.66 bits per heavy atom. The van der Waals surface area contributed by atoms with Gasteiger partial charge in [-0.25, -0.2) is 4.98 Å². The largest absolute Gasteiger partial charge is 0.416 e. The first-order chi connectivity index (χ1) is 14.9. The number of pyridine rings is 1. The van der Waals surface area contributed by atoms with Gasteiger partial charge >= 0.3 is 6.18 Å². The molecule has 1 atom stereocenters. The van der Waals surface area contributed by atoms with E-state index in [0.29, 0.717) is 35.7 Å². The molecule has 1 unspecified atom stereocenters. The molecule has 2 aromatic heterocycles. The van der Waals surface area contributed by atoms with Crippen LogP contribution in [0.4, 0.5) is 13.2 Å². The molecule has 0 bridgehead atoms. The number of aromatic nitrogens is 2. The van der Waals surface area contributed by atoms with Crippen molar-refractivity contribution in [2.45, 2.75) is 46.7 Å². The number of carbonyl (C=O) groups is 1. The van der Waals surface area contributed by atoms with Crippen molar-refractivity contribution in [3.63, 3.8) is 0 Å². The van der Waals surface area contributed by atoms with Crippen LogP contribution in [0, 0.1) is 18.3 Å². The maximum Gasteiger partial charge on any atom is 0.416 e. The highest BCUT2D eigenvalue weighted by Gasteiger charge is 2.33. The molecule has 32 heavy (non-hydrogen) atoms. The van der Waals surface area contributed by atoms with Gasteiger partial charge in [0.15, 0.2) is 0 Å². The molecule has 170 valence electrons. The van der Waals surface area contributed by atoms with Crippen LogP contribution in [0.15, 0.2) is 34.9 Å². The molecule has 0 spiro atoms. The number of carbonyl (C=O) groups excluding carboxylic acids is 1. The third-order valence-electron chi connectivity index (χ3n) is 5.81. The molecule has 0 aliphatic carbocycles. The molecule has 1 saturated heterocycles. The SMILES string of the molecule is Cc1noc2nc(-c3cccc(C(F)(F)F)c3)cc(C(=O)N3CCC(CC(C)(C)C)C3)c12. The predicted octanol–water partition coefficient (Wildman–Crippen LogP) is 6.12. The van der Waals surface area contributed by atoms with E-state index in [0.717, 1.165) is 25.0 Å². The van der Waals surface area contributed by atoms with Crippen LogP contribution in [0.3, 0.4) is 0 Å². The lowest BCUT2D eigenvalue weighted by molar-refractivity contribution is -0.137. The van der Waals surface area contributed by atoms with Gasteiger partial charge in [0.25, 0.3) is 11.6 Å². The lowest BCUT2D eigenvalue weighted by atomic mass is 9.84. The number of amides is 1. The number of alkyl halides is 3. The number of likely N-dealkylation sites (tertiary alicyclic amines) is 1. The minimum atomic E-state index is -4.47. The number of nitrogens with zero attached hydrogens (tertiary/aromatic N) is 3. The Morgan fingerprint density at radius 2 is 1.97 bits per heavy atom. The van der Waals surface area contributed by atoms with E-state index in [2.05, 4.69) is 30.9 Å². The molecule has 1 aromatic carbocycles. The van der Waals surface area contributed by atoms with Crippen molar-refractivity contribution in [1.29, 1.82) is 0 Å². The second kappa shape index (κ2) is 7.90. The van der Waals surface area contributed by atoms with Gasteiger partial charge in [0.1, 0.15) is 0 Å². The number of hydrogen-bond donors (Lipinski definition) is 0. The summed E-state index contributed by atoms with van der Waals surface area (Å²) in [5.41, 5.74) is 0.934. The van der Waals surface area contributed by atoms with Gasteiger partial charge in [0, 0.05) is 18.7 Å². The van der Waals surface area contributed by atoms with Gasteiger partial charge in [-0.15, -0.1) is 0 Å². The van der Waals surface area contributed by atoms with Crippen molar-refractivity contribution in [2.24, 2.45) is 11.3 Å². The molecule has 3 aromatic rings. The Kier molecular flexibility index (Phi) is 5.51. The molecule has 5 nitrogen and oxygen atoms in total. The molecule has 1 aliphatic heterocycles. The van der Waals surface area contributed by atoms with E-state index in [4.69, 9.17) is 4.52 Å². The van der Waals surface area contributed by atoms with Crippen molar-refractivity contribution < 1.29 is 22.5 Å². The molecule has 4 rings (SSSR count). The molecule has 1 amide bonds. The molecule has 0 saturated carbocycles. The molecule has 0 radical (unpaired) electrons. The second-order valence-electron chi connectivity index (χ2n) is 9.75. The first-order valence-corrected chi connectivity index (χ1v) is 10.7. The van der Waals surface area contributed by atoms with Crippen LogP contribution in [0.1, 0.15) is 55.2 Å². The number of halogens is 3. The molecule has 1 aliphatic rings. The minimum Gasteiger partial charge on any atom is -0.338 e. The fraction of sp³-hybridized carbons (Fsp3) is 0.458. The van der Waals surface area contributed by atoms with Gasteiger partial charge in [0.05, 0.1) is 27.9 Å². The topological polar surface area (TPSA) is 59.2 Å². The van der Waals surface area contributed by atoms with Crippen LogP contribution >= 0.6 is 0 Å². The highest BCUT2D eigenvalue weighted by Crippen LogP contribution is 2.35. The summed E-state index contributed by atoms with van der Waals surface area (Å²) in [6.07, 6.45) is -2.52. The Balaban J connectivity index is 1.72. The van der Waals surface area contributed by atoms with Crippen LogP contribution in [0.25, 0.3) is 22.4 Å². The molecular formula is C24H26F3N3O2. The summed E-state index contributed by atoms with van der Waals surface area (Å²) in [7, 11) is 0. The van der Waals surface area contributed by atoms with E-state index in [1.165, 1.54) is 12.1 Å². The monoisotopic (exact) mass is 445 g/mol. The fourth-order valence-corrected chi connectivity index (χ4v) is 4.49. The van der Waals surface area contributed by atoms with E-state index in [1.54, 1.807) is 13.0 Å². The zero-order valence-electron chi connectivity index (χ0n) is 18.6. The third kappa shape index (κ3) is 4.49. The van der Waals surface area contributed by atoms with E-state index >= 15 is 0 Å². The smallest absolute Gasteiger partial charge is 0.338 e. The second-order valence-corrected chi connectivity index (χ2v) is 9.75. The number of benzene rings is 1. The van der Waals surface area contributed by atoms with Crippen LogP contribution in [-0.2, 0) is 6.18 Å². The lowest BCUT2D eigenvalue weighted by Crippen LogP contribution is -2.29. The van der Waals surface area contributed by atoms with Crippen molar-refractivity contribution in [3.05, 3.63) is 47.2 Å². The van der Waals surface area contributed by atoms with E-state index in [9.17, 15) is 18.0 Å². The van der Waals surface area contributed by atoms with Crippen LogP contribution < -0.4 is 0 Å². The first-order valence-electron chi connectivity index (χ1n) is 10.7. The summed E-state index contributed by atoms with van der Waals surface area (Å²) in [5, 5.41) is 4.44. The summed E-state index contributed by atoms with van der Waals surface area (Å²) < 4.78 is 44.9. The highest BCUT2D eigenvalue weighted by molar-refractivity contribution is 6.07. The van der Waals surface area contributed by atoms with Crippen molar-refractivity contribution in [1.82, 2.24) is 15.0 Å². The average molecular weight is 445 g/mol. The number of aryl methyl sites for hydroxylation is 1. The lowest BCUT2D eigenvalue weighted by Gasteiger charge is -2.23. The van der Waals surface area contributed by atoms with E-state index in [1.807, 2.05) is 4.90 Å². The molecule has 3 heterocycles. The van der Waals surface area contributed by atoms with Gasteiger partial charge in [0.2, 0.25) is 0 Å². The fourth-order valence-electron chi connectivity index (χ4n) is 4.49. The van der Waals surface area contributed by atoms with E-state index < -0.39 is 11.7 Å².